The largest absolute Gasteiger partial charge is 0.471 e. The van der Waals surface area contributed by atoms with Gasteiger partial charge in [-0.05, 0) is 36.1 Å². The summed E-state index contributed by atoms with van der Waals surface area (Å²) in [5.41, 5.74) is 2.11. The van der Waals surface area contributed by atoms with Gasteiger partial charge in [0.1, 0.15) is 18.2 Å². The van der Waals surface area contributed by atoms with Crippen molar-refractivity contribution >= 4 is 17.5 Å². The molecule has 36 heavy (non-hydrogen) atoms. The third-order valence-electron chi connectivity index (χ3n) is 6.72. The van der Waals surface area contributed by atoms with Crippen molar-refractivity contribution < 1.29 is 18.3 Å². The summed E-state index contributed by atoms with van der Waals surface area (Å²) in [4.78, 5) is 19.2. The van der Waals surface area contributed by atoms with E-state index in [-0.39, 0.29) is 35.3 Å². The topological polar surface area (TPSA) is 85.3 Å². The molecule has 2 unspecified atom stereocenters. The normalized spacial score (nSPS) is 21.3. The molecule has 190 valence electrons. The van der Waals surface area contributed by atoms with Gasteiger partial charge in [-0.25, -0.2) is 19.3 Å². The summed E-state index contributed by atoms with van der Waals surface area (Å²) in [5.74, 6) is -0.869. The van der Waals surface area contributed by atoms with Gasteiger partial charge in [-0.2, -0.15) is 9.37 Å². The second-order valence-electron chi connectivity index (χ2n) is 9.32. The molecule has 2 aromatic heterocycles. The van der Waals surface area contributed by atoms with Crippen molar-refractivity contribution in [2.75, 3.05) is 36.5 Å². The maximum absolute atomic E-state index is 15.3. The van der Waals surface area contributed by atoms with Crippen LogP contribution in [0.25, 0.3) is 0 Å². The van der Waals surface area contributed by atoms with Crippen molar-refractivity contribution in [1.29, 1.82) is 0 Å². The van der Waals surface area contributed by atoms with Gasteiger partial charge in [-0.1, -0.05) is 26.3 Å². The molecule has 5 rings (SSSR count). The number of fused-ring (bicyclic) bond motifs is 2. The predicted octanol–water partition coefficient (Wildman–Crippen LogP) is 4.33. The monoisotopic (exact) mass is 496 g/mol. The number of hydrogen-bond acceptors (Lipinski definition) is 8. The number of aromatic nitrogens is 4. The van der Waals surface area contributed by atoms with Gasteiger partial charge in [0.25, 0.3) is 5.88 Å². The minimum atomic E-state index is -0.757. The van der Waals surface area contributed by atoms with Crippen LogP contribution in [0.5, 0.6) is 5.88 Å². The number of hydrogen-bond donors (Lipinski definition) is 1. The molecule has 8 nitrogen and oxygen atoms in total. The zero-order valence-corrected chi connectivity index (χ0v) is 20.5. The lowest BCUT2D eigenvalue weighted by atomic mass is 9.84. The van der Waals surface area contributed by atoms with Crippen molar-refractivity contribution in [2.45, 2.75) is 39.2 Å². The van der Waals surface area contributed by atoms with E-state index in [9.17, 15) is 4.39 Å². The highest BCUT2D eigenvalue weighted by Crippen LogP contribution is 2.34. The molecule has 2 fully saturated rings. The summed E-state index contributed by atoms with van der Waals surface area (Å²) < 4.78 is 41.6. The molecule has 0 spiro atoms. The molecule has 3 aromatic rings. The van der Waals surface area contributed by atoms with E-state index in [1.807, 2.05) is 19.3 Å². The Morgan fingerprint density at radius 1 is 1.03 bits per heavy atom. The number of ether oxygens (including phenoxy) is 2. The van der Waals surface area contributed by atoms with E-state index in [1.54, 1.807) is 12.1 Å². The highest BCUT2D eigenvalue weighted by molar-refractivity contribution is 5.58. The first-order valence-electron chi connectivity index (χ1n) is 12.4. The van der Waals surface area contributed by atoms with Gasteiger partial charge in [0.2, 0.25) is 11.8 Å². The highest BCUT2D eigenvalue weighted by Gasteiger charge is 2.43. The van der Waals surface area contributed by atoms with Crippen LogP contribution in [0.4, 0.5) is 26.2 Å². The van der Waals surface area contributed by atoms with E-state index in [0.29, 0.717) is 38.7 Å². The number of benzene rings is 1. The van der Waals surface area contributed by atoms with Crippen molar-refractivity contribution in [3.8, 4) is 5.88 Å². The van der Waals surface area contributed by atoms with Gasteiger partial charge in [-0.3, -0.25) is 0 Å². The minimum absolute atomic E-state index is 0.0128. The van der Waals surface area contributed by atoms with E-state index >= 15 is 4.39 Å². The Labute approximate surface area is 209 Å². The Bertz CT molecular complexity index is 1180. The van der Waals surface area contributed by atoms with Gasteiger partial charge in [-0.15, -0.1) is 0 Å². The second-order valence-corrected chi connectivity index (χ2v) is 9.32. The molecular formula is C26H30F2N6O2. The molecule has 2 aliphatic heterocycles. The molecular weight excluding hydrogens is 466 g/mol. The zero-order valence-electron chi connectivity index (χ0n) is 20.5. The number of piperidine rings is 1. The number of rotatable bonds is 8. The molecule has 10 heteroatoms. The smallest absolute Gasteiger partial charge is 0.256 e. The Morgan fingerprint density at radius 2 is 1.78 bits per heavy atom. The Hall–Kier alpha value is -3.40. The number of nitrogens with zero attached hydrogens (tertiary/aromatic N) is 5. The summed E-state index contributed by atoms with van der Waals surface area (Å²) in [7, 11) is 0. The van der Waals surface area contributed by atoms with Crippen molar-refractivity contribution in [1.82, 2.24) is 19.9 Å². The lowest BCUT2D eigenvalue weighted by Crippen LogP contribution is -2.58. The fourth-order valence-electron chi connectivity index (χ4n) is 4.84. The van der Waals surface area contributed by atoms with Crippen LogP contribution >= 0.6 is 0 Å². The van der Waals surface area contributed by atoms with Gasteiger partial charge in [0, 0.05) is 37.3 Å². The van der Waals surface area contributed by atoms with Crippen molar-refractivity contribution in [3.05, 3.63) is 59.7 Å². The van der Waals surface area contributed by atoms with Crippen LogP contribution in [0, 0.1) is 23.5 Å². The highest BCUT2D eigenvalue weighted by atomic mass is 19.1. The van der Waals surface area contributed by atoms with E-state index in [4.69, 9.17) is 9.47 Å². The number of nitrogens with one attached hydrogen (secondary N) is 1. The fraction of sp³-hybridized carbons (Fsp3) is 0.462. The molecule has 0 radical (unpaired) electrons. The molecule has 1 aromatic carbocycles. The number of anilines is 3. The predicted molar refractivity (Wildman–Crippen MR) is 132 cm³/mol. The Kier molecular flexibility index (Phi) is 7.22. The quantitative estimate of drug-likeness (QED) is 0.493. The molecule has 0 saturated carbocycles. The van der Waals surface area contributed by atoms with Gasteiger partial charge in [0.05, 0.1) is 18.9 Å². The van der Waals surface area contributed by atoms with Crippen LogP contribution in [0.2, 0.25) is 0 Å². The fourth-order valence-corrected chi connectivity index (χ4v) is 4.84. The SMILES string of the molecule is CCCc1cnc(N2CC3COCC(C2)C3Oc2ncnc(Nc3ccc(CC)cc3F)c2F)nc1. The Morgan fingerprint density at radius 3 is 2.44 bits per heavy atom. The minimum Gasteiger partial charge on any atom is -0.471 e. The molecule has 2 aliphatic rings. The van der Waals surface area contributed by atoms with Crippen LogP contribution in [0.15, 0.2) is 36.9 Å². The third-order valence-corrected chi connectivity index (χ3v) is 6.72. The molecule has 2 bridgehead atoms. The van der Waals surface area contributed by atoms with Crippen LogP contribution in [-0.2, 0) is 17.6 Å². The molecule has 0 amide bonds. The summed E-state index contributed by atoms with van der Waals surface area (Å²) in [6.45, 7) is 6.29. The standard InChI is InChI=1S/C26H30F2N6O2/c1-3-5-17-9-29-26(30-10-17)34-11-18-13-35-14-19(12-34)23(18)36-25-22(28)24(31-15-32-25)33-21-7-6-16(4-2)8-20(21)27/h6-10,15,18-19,23H,3-5,11-14H2,1-2H3,(H,31,32,33). The molecule has 2 atom stereocenters. The number of halogens is 2. The van der Waals surface area contributed by atoms with Crippen molar-refractivity contribution in [3.63, 3.8) is 0 Å². The zero-order chi connectivity index (χ0) is 25.1. The van der Waals surface area contributed by atoms with Crippen LogP contribution in [0.1, 0.15) is 31.4 Å². The van der Waals surface area contributed by atoms with E-state index in [1.165, 1.54) is 12.4 Å². The maximum Gasteiger partial charge on any atom is 0.256 e. The average Bonchev–Trinajstić information content (AvgIpc) is 2.88. The first-order chi connectivity index (χ1) is 17.6. The summed E-state index contributed by atoms with van der Waals surface area (Å²) >= 11 is 0. The first kappa shape index (κ1) is 24.3. The summed E-state index contributed by atoms with van der Waals surface area (Å²) in [5, 5.41) is 2.73. The second kappa shape index (κ2) is 10.7. The molecule has 4 heterocycles. The first-order valence-corrected chi connectivity index (χ1v) is 12.4. The van der Waals surface area contributed by atoms with E-state index in [2.05, 4.69) is 37.1 Å². The van der Waals surface area contributed by atoms with Gasteiger partial charge in [0.15, 0.2) is 5.82 Å². The lowest BCUT2D eigenvalue weighted by Gasteiger charge is -2.46. The summed E-state index contributed by atoms with van der Waals surface area (Å²) in [6, 6.07) is 4.79. The molecule has 1 N–H and O–H groups in total. The van der Waals surface area contributed by atoms with E-state index < -0.39 is 11.6 Å². The van der Waals surface area contributed by atoms with Crippen molar-refractivity contribution in [2.24, 2.45) is 11.8 Å². The van der Waals surface area contributed by atoms with Crippen LogP contribution < -0.4 is 15.0 Å². The van der Waals surface area contributed by atoms with Gasteiger partial charge < -0.3 is 19.7 Å². The molecule has 0 aliphatic carbocycles. The van der Waals surface area contributed by atoms with Gasteiger partial charge >= 0.3 is 0 Å². The van der Waals surface area contributed by atoms with Crippen LogP contribution in [-0.4, -0.2) is 52.3 Å². The average molecular weight is 497 g/mol. The molecule has 2 saturated heterocycles. The Balaban J connectivity index is 1.30. The summed E-state index contributed by atoms with van der Waals surface area (Å²) in [6.07, 6.45) is 7.39. The van der Waals surface area contributed by atoms with Crippen LogP contribution in [0.3, 0.4) is 0 Å². The third kappa shape index (κ3) is 5.09. The lowest BCUT2D eigenvalue weighted by molar-refractivity contribution is -0.0780. The maximum atomic E-state index is 15.3. The number of aryl methyl sites for hydroxylation is 2. The van der Waals surface area contributed by atoms with E-state index in [0.717, 1.165) is 24.0 Å².